The van der Waals surface area contributed by atoms with E-state index in [-0.39, 0.29) is 18.2 Å². The van der Waals surface area contributed by atoms with Crippen LogP contribution >= 0.6 is 0 Å². The first-order chi connectivity index (χ1) is 4.16. The summed E-state index contributed by atoms with van der Waals surface area (Å²) in [6.07, 6.45) is 0.908. The van der Waals surface area contributed by atoms with Crippen molar-refractivity contribution in [2.75, 3.05) is 0 Å². The normalized spacial score (nSPS) is 12.7. The zero-order valence-corrected chi connectivity index (χ0v) is 5.46. The van der Waals surface area contributed by atoms with Gasteiger partial charge in [-0.05, 0) is 6.92 Å². The number of carbonyl (C=O) groups excluding carboxylic acids is 2. The third-order valence-electron chi connectivity index (χ3n) is 0.861. The molecule has 0 rings (SSSR count). The van der Waals surface area contributed by atoms with Crippen LogP contribution in [0.25, 0.3) is 0 Å². The number of carbonyl (C=O) groups is 2. The van der Waals surface area contributed by atoms with Gasteiger partial charge in [-0.25, -0.2) is 0 Å². The van der Waals surface area contributed by atoms with E-state index in [1.165, 1.54) is 0 Å². The molecule has 0 bridgehead atoms. The van der Waals surface area contributed by atoms with E-state index in [4.69, 9.17) is 5.73 Å². The second-order valence-electron chi connectivity index (χ2n) is 2.09. The molecule has 0 amide bonds. The molecule has 0 aromatic heterocycles. The fourth-order valence-corrected chi connectivity index (χ4v) is 0.535. The molecule has 0 aliphatic heterocycles. The molecule has 0 heterocycles. The monoisotopic (exact) mass is 129 g/mol. The van der Waals surface area contributed by atoms with Gasteiger partial charge in [0.05, 0.1) is 6.42 Å². The van der Waals surface area contributed by atoms with E-state index in [0.29, 0.717) is 12.7 Å². The van der Waals surface area contributed by atoms with Crippen LogP contribution < -0.4 is 5.73 Å². The zero-order chi connectivity index (χ0) is 7.28. The molecule has 3 nitrogen and oxygen atoms in total. The fraction of sp³-hybridized carbons (Fsp3) is 0.667. The predicted octanol–water partition coefficient (Wildman–Crippen LogP) is -0.118. The number of hydrogen-bond acceptors (Lipinski definition) is 3. The van der Waals surface area contributed by atoms with Gasteiger partial charge in [0.1, 0.15) is 12.1 Å². The summed E-state index contributed by atoms with van der Waals surface area (Å²) < 4.78 is 0. The summed E-state index contributed by atoms with van der Waals surface area (Å²) >= 11 is 0. The van der Waals surface area contributed by atoms with Crippen molar-refractivity contribution < 1.29 is 9.59 Å². The molecule has 0 aliphatic carbocycles. The Morgan fingerprint density at radius 3 is 2.67 bits per heavy atom. The number of rotatable bonds is 4. The standard InChI is InChI=1S/C6H11NO2/c1-5(7)4-6(9)2-3-8/h3,5H,2,4,7H2,1H3/t5-/m1/s1. The van der Waals surface area contributed by atoms with Gasteiger partial charge in [-0.15, -0.1) is 0 Å². The average molecular weight is 129 g/mol. The van der Waals surface area contributed by atoms with Crippen LogP contribution in [0, 0.1) is 0 Å². The topological polar surface area (TPSA) is 60.2 Å². The van der Waals surface area contributed by atoms with Gasteiger partial charge < -0.3 is 10.5 Å². The van der Waals surface area contributed by atoms with Crippen molar-refractivity contribution in [1.82, 2.24) is 0 Å². The van der Waals surface area contributed by atoms with E-state index in [1.54, 1.807) is 6.92 Å². The van der Waals surface area contributed by atoms with Crippen molar-refractivity contribution in [3.63, 3.8) is 0 Å². The van der Waals surface area contributed by atoms with Crippen molar-refractivity contribution in [3.8, 4) is 0 Å². The Labute approximate surface area is 54.2 Å². The Morgan fingerprint density at radius 1 is 1.78 bits per heavy atom. The van der Waals surface area contributed by atoms with Gasteiger partial charge in [0.15, 0.2) is 0 Å². The highest BCUT2D eigenvalue weighted by atomic mass is 16.1. The fourth-order valence-electron chi connectivity index (χ4n) is 0.535. The van der Waals surface area contributed by atoms with Gasteiger partial charge >= 0.3 is 0 Å². The Kier molecular flexibility index (Phi) is 3.88. The lowest BCUT2D eigenvalue weighted by molar-refractivity contribution is -0.122. The Balaban J connectivity index is 3.38. The highest BCUT2D eigenvalue weighted by Crippen LogP contribution is 1.90. The van der Waals surface area contributed by atoms with Crippen molar-refractivity contribution in [2.45, 2.75) is 25.8 Å². The van der Waals surface area contributed by atoms with Gasteiger partial charge in [-0.1, -0.05) is 0 Å². The van der Waals surface area contributed by atoms with Crippen LogP contribution in [0.2, 0.25) is 0 Å². The first-order valence-electron chi connectivity index (χ1n) is 2.87. The molecule has 52 valence electrons. The second-order valence-corrected chi connectivity index (χ2v) is 2.09. The minimum Gasteiger partial charge on any atom is -0.328 e. The minimum absolute atomic E-state index is 0.00153. The van der Waals surface area contributed by atoms with E-state index in [1.807, 2.05) is 0 Å². The Morgan fingerprint density at radius 2 is 2.33 bits per heavy atom. The number of aldehydes is 1. The lowest BCUT2D eigenvalue weighted by Gasteiger charge is -1.98. The molecule has 0 fully saturated rings. The predicted molar refractivity (Wildman–Crippen MR) is 34.0 cm³/mol. The maximum atomic E-state index is 10.5. The van der Waals surface area contributed by atoms with E-state index < -0.39 is 0 Å². The largest absolute Gasteiger partial charge is 0.328 e. The van der Waals surface area contributed by atoms with Crippen LogP contribution in [0.1, 0.15) is 19.8 Å². The molecule has 0 aliphatic rings. The van der Waals surface area contributed by atoms with Crippen molar-refractivity contribution in [1.29, 1.82) is 0 Å². The Bertz CT molecular complexity index is 110. The van der Waals surface area contributed by atoms with Gasteiger partial charge in [0.2, 0.25) is 0 Å². The lowest BCUT2D eigenvalue weighted by Crippen LogP contribution is -2.19. The quantitative estimate of drug-likeness (QED) is 0.425. The molecule has 1 atom stereocenters. The van der Waals surface area contributed by atoms with Gasteiger partial charge in [0.25, 0.3) is 0 Å². The summed E-state index contributed by atoms with van der Waals surface area (Å²) in [6, 6.07) is -0.127. The van der Waals surface area contributed by atoms with Crippen LogP contribution in [-0.4, -0.2) is 18.1 Å². The summed E-state index contributed by atoms with van der Waals surface area (Å²) in [6.45, 7) is 1.74. The van der Waals surface area contributed by atoms with Gasteiger partial charge in [0, 0.05) is 12.5 Å². The molecular formula is C6H11NO2. The molecule has 0 radical (unpaired) electrons. The third kappa shape index (κ3) is 5.17. The number of Topliss-reactive ketones (excluding diaryl/α,β-unsaturated/α-hetero) is 1. The maximum Gasteiger partial charge on any atom is 0.141 e. The summed E-state index contributed by atoms with van der Waals surface area (Å²) in [5, 5.41) is 0. The number of nitrogens with two attached hydrogens (primary N) is 1. The smallest absolute Gasteiger partial charge is 0.141 e. The SMILES string of the molecule is C[C@@H](N)CC(=O)CC=O. The molecule has 0 saturated heterocycles. The van der Waals surface area contributed by atoms with Crippen LogP contribution in [0.4, 0.5) is 0 Å². The summed E-state index contributed by atoms with van der Waals surface area (Å²) in [5.41, 5.74) is 5.29. The van der Waals surface area contributed by atoms with E-state index in [9.17, 15) is 9.59 Å². The molecule has 9 heavy (non-hydrogen) atoms. The highest BCUT2D eigenvalue weighted by Gasteiger charge is 2.02. The highest BCUT2D eigenvalue weighted by molar-refractivity contribution is 5.89. The summed E-state index contributed by atoms with van der Waals surface area (Å²) in [4.78, 5) is 20.3. The molecule has 0 saturated carbocycles. The lowest BCUT2D eigenvalue weighted by atomic mass is 10.1. The molecule has 0 unspecified atom stereocenters. The first kappa shape index (κ1) is 8.30. The van der Waals surface area contributed by atoms with Crippen LogP contribution in [0.15, 0.2) is 0 Å². The summed E-state index contributed by atoms with van der Waals surface area (Å²) in [5.74, 6) is -0.0833. The second kappa shape index (κ2) is 4.21. The van der Waals surface area contributed by atoms with Crippen LogP contribution in [0.5, 0.6) is 0 Å². The minimum atomic E-state index is -0.127. The number of hydrogen-bond donors (Lipinski definition) is 1. The molecule has 0 spiro atoms. The average Bonchev–Trinajstić information content (AvgIpc) is 1.63. The summed E-state index contributed by atoms with van der Waals surface area (Å²) in [7, 11) is 0. The zero-order valence-electron chi connectivity index (χ0n) is 5.46. The van der Waals surface area contributed by atoms with E-state index in [0.717, 1.165) is 0 Å². The van der Waals surface area contributed by atoms with Crippen molar-refractivity contribution >= 4 is 12.1 Å². The van der Waals surface area contributed by atoms with E-state index in [2.05, 4.69) is 0 Å². The van der Waals surface area contributed by atoms with Crippen LogP contribution in [0.3, 0.4) is 0 Å². The van der Waals surface area contributed by atoms with Crippen molar-refractivity contribution in [2.24, 2.45) is 5.73 Å². The molecule has 0 aromatic carbocycles. The van der Waals surface area contributed by atoms with Crippen molar-refractivity contribution in [3.05, 3.63) is 0 Å². The molecule has 3 heteroatoms. The maximum absolute atomic E-state index is 10.5. The first-order valence-corrected chi connectivity index (χ1v) is 2.87. The Hall–Kier alpha value is -0.700. The van der Waals surface area contributed by atoms with Gasteiger partial charge in [-0.2, -0.15) is 0 Å². The molecule has 0 aromatic rings. The number of ketones is 1. The molecule has 2 N–H and O–H groups in total. The molecular weight excluding hydrogens is 118 g/mol. The van der Waals surface area contributed by atoms with Crippen LogP contribution in [-0.2, 0) is 9.59 Å². The third-order valence-corrected chi connectivity index (χ3v) is 0.861. The van der Waals surface area contributed by atoms with E-state index >= 15 is 0 Å². The van der Waals surface area contributed by atoms with Gasteiger partial charge in [-0.3, -0.25) is 4.79 Å².